The molecule has 4 unspecified atom stereocenters. The van der Waals surface area contributed by atoms with Gasteiger partial charge in [0.25, 0.3) is 0 Å². The Bertz CT molecular complexity index is 873. The number of aliphatic carboxylic acids is 1. The van der Waals surface area contributed by atoms with Gasteiger partial charge in [0.05, 0.1) is 12.2 Å². The summed E-state index contributed by atoms with van der Waals surface area (Å²) < 4.78 is 11.6. The summed E-state index contributed by atoms with van der Waals surface area (Å²) in [6.07, 6.45) is -12.3. The van der Waals surface area contributed by atoms with E-state index in [2.05, 4.69) is 0 Å². The lowest BCUT2D eigenvalue weighted by atomic mass is 9.56. The molecular weight excluding hydrogens is 568 g/mol. The molecule has 0 spiro atoms. The molecule has 43 heavy (non-hydrogen) atoms. The SMILES string of the molecule is CCCCCC(O)(C1O[C@@H](C)[C@H](O)[C@@H](O)[C@H]1O)C(C(=O)O)(C(=O)CCCCCCCCCO)C1O[C@@H](C)[C@H](O)[C@@H](O)[C@H]1O. The number of aliphatic hydroxyl groups is 8. The maximum Gasteiger partial charge on any atom is 0.323 e. The number of carboxylic acid groups (broad SMARTS) is 1. The summed E-state index contributed by atoms with van der Waals surface area (Å²) in [4.78, 5) is 27.8. The van der Waals surface area contributed by atoms with E-state index >= 15 is 0 Å². The van der Waals surface area contributed by atoms with Crippen LogP contribution in [-0.4, -0.2) is 131 Å². The molecule has 13 nitrogen and oxygen atoms in total. The minimum Gasteiger partial charge on any atom is -0.480 e. The number of carbonyl (C=O) groups excluding carboxylic acids is 1. The van der Waals surface area contributed by atoms with Gasteiger partial charge in [0, 0.05) is 13.0 Å². The number of carbonyl (C=O) groups is 2. The molecule has 0 amide bonds. The second-order valence-electron chi connectivity index (χ2n) is 12.3. The van der Waals surface area contributed by atoms with Crippen LogP contribution in [0.3, 0.4) is 0 Å². The van der Waals surface area contributed by atoms with Crippen molar-refractivity contribution in [2.75, 3.05) is 6.61 Å². The Morgan fingerprint density at radius 2 is 1.12 bits per heavy atom. The Morgan fingerprint density at radius 1 is 0.651 bits per heavy atom. The molecule has 0 aromatic heterocycles. The van der Waals surface area contributed by atoms with Crippen LogP contribution in [0.4, 0.5) is 0 Å². The third-order valence-corrected chi connectivity index (χ3v) is 9.29. The number of Topliss-reactive ketones (excluding diaryl/α,β-unsaturated/α-hetero) is 1. The highest BCUT2D eigenvalue weighted by Gasteiger charge is 2.73. The summed E-state index contributed by atoms with van der Waals surface area (Å²) in [6, 6.07) is 0. The van der Waals surface area contributed by atoms with E-state index in [4.69, 9.17) is 14.6 Å². The molecule has 2 fully saturated rings. The zero-order chi connectivity index (χ0) is 32.5. The zero-order valence-corrected chi connectivity index (χ0v) is 25.6. The molecule has 0 saturated carbocycles. The van der Waals surface area contributed by atoms with E-state index in [1.807, 2.05) is 6.92 Å². The normalized spacial score (nSPS) is 36.1. The van der Waals surface area contributed by atoms with Gasteiger partial charge in [-0.1, -0.05) is 58.3 Å². The first-order valence-electron chi connectivity index (χ1n) is 15.7. The van der Waals surface area contributed by atoms with E-state index in [0.29, 0.717) is 25.7 Å². The number of hydrogen-bond donors (Lipinski definition) is 9. The van der Waals surface area contributed by atoms with Crippen molar-refractivity contribution in [3.8, 4) is 0 Å². The van der Waals surface area contributed by atoms with Crippen LogP contribution in [0, 0.1) is 5.41 Å². The van der Waals surface area contributed by atoms with Crippen LogP contribution in [0.15, 0.2) is 0 Å². The molecule has 0 bridgehead atoms. The topological polar surface area (TPSA) is 235 Å². The molecule has 2 aliphatic rings. The molecule has 0 aliphatic carbocycles. The predicted molar refractivity (Wildman–Crippen MR) is 153 cm³/mol. The van der Waals surface area contributed by atoms with Gasteiger partial charge in [-0.3, -0.25) is 9.59 Å². The lowest BCUT2D eigenvalue weighted by Gasteiger charge is -2.56. The number of ketones is 1. The molecule has 0 aromatic carbocycles. The molecule has 2 saturated heterocycles. The molecule has 0 aromatic rings. The smallest absolute Gasteiger partial charge is 0.323 e. The van der Waals surface area contributed by atoms with Crippen molar-refractivity contribution in [2.24, 2.45) is 5.41 Å². The Morgan fingerprint density at radius 3 is 1.60 bits per heavy atom. The molecule has 252 valence electrons. The maximum absolute atomic E-state index is 14.3. The van der Waals surface area contributed by atoms with E-state index in [0.717, 1.165) is 25.7 Å². The van der Waals surface area contributed by atoms with E-state index in [1.54, 1.807) is 0 Å². The average molecular weight is 623 g/mol. The van der Waals surface area contributed by atoms with Gasteiger partial charge in [0.2, 0.25) is 0 Å². The molecule has 13 heteroatoms. The van der Waals surface area contributed by atoms with Crippen molar-refractivity contribution < 1.29 is 65.0 Å². The second-order valence-corrected chi connectivity index (χ2v) is 12.3. The van der Waals surface area contributed by atoms with Gasteiger partial charge >= 0.3 is 5.97 Å². The van der Waals surface area contributed by atoms with E-state index in [-0.39, 0.29) is 25.9 Å². The molecule has 2 heterocycles. The first kappa shape index (κ1) is 37.9. The third kappa shape index (κ3) is 7.94. The Kier molecular flexibility index (Phi) is 14.9. The van der Waals surface area contributed by atoms with Crippen molar-refractivity contribution in [1.82, 2.24) is 0 Å². The third-order valence-electron chi connectivity index (χ3n) is 9.29. The summed E-state index contributed by atoms with van der Waals surface area (Å²) in [7, 11) is 0. The summed E-state index contributed by atoms with van der Waals surface area (Å²) in [5, 5.41) is 96.7. The van der Waals surface area contributed by atoms with Gasteiger partial charge in [-0.05, 0) is 33.1 Å². The molecular formula is C30H54O13. The number of ether oxygens (including phenoxy) is 2. The molecule has 9 N–H and O–H groups in total. The number of rotatable bonds is 18. The highest BCUT2D eigenvalue weighted by Crippen LogP contribution is 2.51. The second kappa shape index (κ2) is 16.9. The van der Waals surface area contributed by atoms with Crippen molar-refractivity contribution in [1.29, 1.82) is 0 Å². The van der Waals surface area contributed by atoms with Crippen LogP contribution >= 0.6 is 0 Å². The van der Waals surface area contributed by atoms with E-state index in [1.165, 1.54) is 13.8 Å². The van der Waals surface area contributed by atoms with Gasteiger partial charge in [-0.2, -0.15) is 0 Å². The highest BCUT2D eigenvalue weighted by atomic mass is 16.6. The summed E-state index contributed by atoms with van der Waals surface area (Å²) in [5.41, 5.74) is -5.83. The predicted octanol–water partition coefficient (Wildman–Crippen LogP) is -0.209. The highest BCUT2D eigenvalue weighted by molar-refractivity contribution is 6.05. The molecule has 12 atom stereocenters. The van der Waals surface area contributed by atoms with Gasteiger partial charge in [-0.25, -0.2) is 0 Å². The quantitative estimate of drug-likeness (QED) is 0.0712. The first-order valence-corrected chi connectivity index (χ1v) is 15.7. The van der Waals surface area contributed by atoms with Crippen molar-refractivity contribution in [3.05, 3.63) is 0 Å². The first-order chi connectivity index (χ1) is 20.2. The minimum atomic E-state index is -3.02. The lowest BCUT2D eigenvalue weighted by molar-refractivity contribution is -0.311. The lowest BCUT2D eigenvalue weighted by Crippen LogP contribution is -2.77. The average Bonchev–Trinajstić information content (AvgIpc) is 2.96. The summed E-state index contributed by atoms with van der Waals surface area (Å²) in [6.45, 7) is 4.66. The fourth-order valence-corrected chi connectivity index (χ4v) is 6.61. The van der Waals surface area contributed by atoms with Crippen molar-refractivity contribution >= 4 is 11.8 Å². The molecule has 2 aliphatic heterocycles. The van der Waals surface area contributed by atoms with Crippen LogP contribution in [-0.2, 0) is 19.1 Å². The van der Waals surface area contributed by atoms with Crippen molar-refractivity contribution in [2.45, 2.75) is 164 Å². The van der Waals surface area contributed by atoms with Gasteiger partial charge in [-0.15, -0.1) is 0 Å². The zero-order valence-electron chi connectivity index (χ0n) is 25.6. The fourth-order valence-electron chi connectivity index (χ4n) is 6.61. The van der Waals surface area contributed by atoms with E-state index < -0.39 is 90.2 Å². The number of hydrogen-bond acceptors (Lipinski definition) is 12. The van der Waals surface area contributed by atoms with Crippen LogP contribution in [0.1, 0.15) is 97.8 Å². The number of unbranched alkanes of at least 4 members (excludes halogenated alkanes) is 8. The van der Waals surface area contributed by atoms with Gasteiger partial charge in [0.1, 0.15) is 54.4 Å². The minimum absolute atomic E-state index is 0.112. The summed E-state index contributed by atoms with van der Waals surface area (Å²) in [5.74, 6) is -2.91. The number of aliphatic hydroxyl groups excluding tert-OH is 7. The Hall–Kier alpha value is -1.26. The van der Waals surface area contributed by atoms with Crippen molar-refractivity contribution in [3.63, 3.8) is 0 Å². The standard InChI is InChI=1S/C30H54O13/c1-4-5-12-15-29(41,26-24(37)22(35)20(33)17(2)42-26)30(28(39)40,27-25(38)23(36)21(34)18(3)43-27)19(32)14-11-9-7-6-8-10-13-16-31/h17-18,20-27,31,33-38,41H,4-16H2,1-3H3,(H,39,40)/t17-,18-,20-,21-,22+,23+,24+,25+,26?,27?,29?,30?/m0/s1. The summed E-state index contributed by atoms with van der Waals surface area (Å²) >= 11 is 0. The van der Waals surface area contributed by atoms with Crippen LogP contribution in [0.25, 0.3) is 0 Å². The molecule has 2 rings (SSSR count). The molecule has 0 radical (unpaired) electrons. The fraction of sp³-hybridized carbons (Fsp3) is 0.933. The van der Waals surface area contributed by atoms with Crippen LogP contribution in [0.5, 0.6) is 0 Å². The van der Waals surface area contributed by atoms with Gasteiger partial charge in [0.15, 0.2) is 11.2 Å². The van der Waals surface area contributed by atoms with Gasteiger partial charge < -0.3 is 55.4 Å². The van der Waals surface area contributed by atoms with E-state index in [9.17, 15) is 50.4 Å². The Balaban J connectivity index is 2.63. The Labute approximate surface area is 253 Å². The number of carboxylic acids is 1. The monoisotopic (exact) mass is 622 g/mol. The largest absolute Gasteiger partial charge is 0.480 e. The van der Waals surface area contributed by atoms with Crippen LogP contribution < -0.4 is 0 Å². The maximum atomic E-state index is 14.3. The van der Waals surface area contributed by atoms with Crippen LogP contribution in [0.2, 0.25) is 0 Å².